The number of para-hydroxylation sites is 1. The highest BCUT2D eigenvalue weighted by Crippen LogP contribution is 2.18. The highest BCUT2D eigenvalue weighted by molar-refractivity contribution is 5.90. The summed E-state index contributed by atoms with van der Waals surface area (Å²) in [6.45, 7) is 3.24. The summed E-state index contributed by atoms with van der Waals surface area (Å²) in [7, 11) is 0. The Bertz CT molecular complexity index is 663. The standard InChI is InChI=1S/C17H20N4O2/c1-13-6-2-3-8-15(13)20-17(22)21-11-4-7-14(12-21)23-16-18-9-5-10-19-16/h2-3,5-6,8-10,14H,4,7,11-12H2,1H3,(H,20,22). The average Bonchev–Trinajstić information content (AvgIpc) is 2.58. The van der Waals surface area contributed by atoms with E-state index in [-0.39, 0.29) is 12.1 Å². The normalized spacial score (nSPS) is 17.6. The summed E-state index contributed by atoms with van der Waals surface area (Å²) in [5, 5.41) is 2.96. The molecule has 1 N–H and O–H groups in total. The summed E-state index contributed by atoms with van der Waals surface area (Å²) in [5.41, 5.74) is 1.88. The number of hydrogen-bond donors (Lipinski definition) is 1. The summed E-state index contributed by atoms with van der Waals surface area (Å²) < 4.78 is 5.77. The summed E-state index contributed by atoms with van der Waals surface area (Å²) in [6, 6.07) is 9.76. The SMILES string of the molecule is Cc1ccccc1NC(=O)N1CCCC(Oc2ncccn2)C1. The molecule has 1 aromatic carbocycles. The topological polar surface area (TPSA) is 67.4 Å². The van der Waals surface area contributed by atoms with Crippen LogP contribution in [-0.2, 0) is 0 Å². The fourth-order valence-corrected chi connectivity index (χ4v) is 2.62. The number of likely N-dealkylation sites (tertiary alicyclic amines) is 1. The number of ether oxygens (including phenoxy) is 1. The summed E-state index contributed by atoms with van der Waals surface area (Å²) >= 11 is 0. The number of hydrogen-bond acceptors (Lipinski definition) is 4. The molecule has 0 radical (unpaired) electrons. The van der Waals surface area contributed by atoms with E-state index in [1.54, 1.807) is 23.4 Å². The molecule has 1 saturated heterocycles. The molecule has 6 heteroatoms. The number of urea groups is 1. The van der Waals surface area contributed by atoms with Crippen LogP contribution in [0.2, 0.25) is 0 Å². The molecule has 120 valence electrons. The van der Waals surface area contributed by atoms with E-state index in [4.69, 9.17) is 4.74 Å². The predicted octanol–water partition coefficient (Wildman–Crippen LogP) is 2.86. The molecule has 2 heterocycles. The minimum absolute atomic E-state index is 0.0752. The molecule has 6 nitrogen and oxygen atoms in total. The van der Waals surface area contributed by atoms with Gasteiger partial charge >= 0.3 is 12.0 Å². The number of benzene rings is 1. The van der Waals surface area contributed by atoms with Crippen LogP contribution in [-0.4, -0.2) is 40.1 Å². The maximum absolute atomic E-state index is 12.4. The van der Waals surface area contributed by atoms with Crippen molar-refractivity contribution in [3.8, 4) is 6.01 Å². The molecular formula is C17H20N4O2. The minimum atomic E-state index is -0.0958. The third kappa shape index (κ3) is 3.97. The molecular weight excluding hydrogens is 292 g/mol. The van der Waals surface area contributed by atoms with Gasteiger partial charge < -0.3 is 15.0 Å². The van der Waals surface area contributed by atoms with Crippen LogP contribution in [0.25, 0.3) is 0 Å². The van der Waals surface area contributed by atoms with E-state index in [1.807, 2.05) is 31.2 Å². The summed E-state index contributed by atoms with van der Waals surface area (Å²) in [4.78, 5) is 22.4. The number of nitrogens with zero attached hydrogens (tertiary/aromatic N) is 3. The monoisotopic (exact) mass is 312 g/mol. The Labute approximate surface area is 135 Å². The van der Waals surface area contributed by atoms with Crippen LogP contribution in [0, 0.1) is 6.92 Å². The van der Waals surface area contributed by atoms with Gasteiger partial charge in [-0.05, 0) is 37.5 Å². The zero-order valence-electron chi connectivity index (χ0n) is 13.1. The maximum Gasteiger partial charge on any atom is 0.321 e. The molecule has 2 aromatic rings. The zero-order valence-corrected chi connectivity index (χ0v) is 13.1. The van der Waals surface area contributed by atoms with Crippen LogP contribution in [0.15, 0.2) is 42.7 Å². The van der Waals surface area contributed by atoms with Crippen molar-refractivity contribution in [3.05, 3.63) is 48.3 Å². The lowest BCUT2D eigenvalue weighted by Crippen LogP contribution is -2.46. The second kappa shape index (κ2) is 7.09. The van der Waals surface area contributed by atoms with Gasteiger partial charge in [0.05, 0.1) is 6.54 Å². The van der Waals surface area contributed by atoms with Crippen LogP contribution >= 0.6 is 0 Å². The van der Waals surface area contributed by atoms with Crippen molar-refractivity contribution in [2.75, 3.05) is 18.4 Å². The van der Waals surface area contributed by atoms with Gasteiger partial charge in [0.25, 0.3) is 0 Å². The molecule has 2 amide bonds. The molecule has 1 aliphatic heterocycles. The number of aryl methyl sites for hydroxylation is 1. The first-order valence-corrected chi connectivity index (χ1v) is 7.77. The van der Waals surface area contributed by atoms with Gasteiger partial charge in [-0.2, -0.15) is 0 Å². The van der Waals surface area contributed by atoms with Crippen molar-refractivity contribution in [2.24, 2.45) is 0 Å². The zero-order chi connectivity index (χ0) is 16.1. The van der Waals surface area contributed by atoms with Crippen LogP contribution in [0.5, 0.6) is 6.01 Å². The number of carbonyl (C=O) groups is 1. The highest BCUT2D eigenvalue weighted by Gasteiger charge is 2.25. The summed E-state index contributed by atoms with van der Waals surface area (Å²) in [5.74, 6) is 0. The van der Waals surface area contributed by atoms with E-state index in [2.05, 4.69) is 15.3 Å². The number of piperidine rings is 1. The van der Waals surface area contributed by atoms with Gasteiger partial charge in [0.15, 0.2) is 0 Å². The molecule has 1 unspecified atom stereocenters. The second-order valence-electron chi connectivity index (χ2n) is 5.60. The van der Waals surface area contributed by atoms with Crippen LogP contribution < -0.4 is 10.1 Å². The van der Waals surface area contributed by atoms with E-state index in [9.17, 15) is 4.79 Å². The Hall–Kier alpha value is -2.63. The van der Waals surface area contributed by atoms with E-state index < -0.39 is 0 Å². The Balaban J connectivity index is 1.59. The van der Waals surface area contributed by atoms with E-state index in [0.717, 1.165) is 30.6 Å². The Morgan fingerprint density at radius 3 is 2.83 bits per heavy atom. The van der Waals surface area contributed by atoms with Gasteiger partial charge in [0.1, 0.15) is 6.10 Å². The third-order valence-corrected chi connectivity index (χ3v) is 3.87. The average molecular weight is 312 g/mol. The number of carbonyl (C=O) groups excluding carboxylic acids is 1. The Kier molecular flexibility index (Phi) is 4.71. The summed E-state index contributed by atoms with van der Waals surface area (Å²) in [6.07, 6.45) is 5.01. The van der Waals surface area contributed by atoms with E-state index >= 15 is 0 Å². The molecule has 0 bridgehead atoms. The second-order valence-corrected chi connectivity index (χ2v) is 5.60. The largest absolute Gasteiger partial charge is 0.458 e. The van der Waals surface area contributed by atoms with E-state index in [0.29, 0.717) is 12.6 Å². The minimum Gasteiger partial charge on any atom is -0.458 e. The quantitative estimate of drug-likeness (QED) is 0.946. The molecule has 1 aliphatic rings. The molecule has 1 fully saturated rings. The molecule has 1 atom stereocenters. The molecule has 1 aromatic heterocycles. The lowest BCUT2D eigenvalue weighted by atomic mass is 10.1. The van der Waals surface area contributed by atoms with Gasteiger partial charge in [0, 0.05) is 24.6 Å². The molecule has 3 rings (SSSR count). The number of rotatable bonds is 3. The number of aromatic nitrogens is 2. The molecule has 0 saturated carbocycles. The molecule has 0 spiro atoms. The Morgan fingerprint density at radius 2 is 2.04 bits per heavy atom. The van der Waals surface area contributed by atoms with Crippen molar-refractivity contribution in [1.82, 2.24) is 14.9 Å². The lowest BCUT2D eigenvalue weighted by Gasteiger charge is -2.32. The highest BCUT2D eigenvalue weighted by atomic mass is 16.5. The lowest BCUT2D eigenvalue weighted by molar-refractivity contribution is 0.0983. The number of nitrogens with one attached hydrogen (secondary N) is 1. The third-order valence-electron chi connectivity index (χ3n) is 3.87. The Morgan fingerprint density at radius 1 is 1.26 bits per heavy atom. The first-order chi connectivity index (χ1) is 11.2. The predicted molar refractivity (Wildman–Crippen MR) is 87.5 cm³/mol. The molecule has 23 heavy (non-hydrogen) atoms. The smallest absolute Gasteiger partial charge is 0.321 e. The van der Waals surface area contributed by atoms with Gasteiger partial charge in [-0.1, -0.05) is 18.2 Å². The van der Waals surface area contributed by atoms with Gasteiger partial charge in [-0.3, -0.25) is 0 Å². The molecule has 0 aliphatic carbocycles. The number of anilines is 1. The van der Waals surface area contributed by atoms with Crippen LogP contribution in [0.4, 0.5) is 10.5 Å². The van der Waals surface area contributed by atoms with Crippen molar-refractivity contribution in [3.63, 3.8) is 0 Å². The van der Waals surface area contributed by atoms with Crippen LogP contribution in [0.1, 0.15) is 18.4 Å². The first kappa shape index (κ1) is 15.3. The van der Waals surface area contributed by atoms with Crippen molar-refractivity contribution >= 4 is 11.7 Å². The van der Waals surface area contributed by atoms with Crippen molar-refractivity contribution in [1.29, 1.82) is 0 Å². The van der Waals surface area contributed by atoms with Crippen LogP contribution in [0.3, 0.4) is 0 Å². The van der Waals surface area contributed by atoms with Gasteiger partial charge in [-0.25, -0.2) is 14.8 Å². The van der Waals surface area contributed by atoms with Crippen molar-refractivity contribution < 1.29 is 9.53 Å². The number of amides is 2. The van der Waals surface area contributed by atoms with Crippen molar-refractivity contribution in [2.45, 2.75) is 25.9 Å². The first-order valence-electron chi connectivity index (χ1n) is 7.77. The maximum atomic E-state index is 12.4. The van der Waals surface area contributed by atoms with Gasteiger partial charge in [0.2, 0.25) is 0 Å². The fraction of sp³-hybridized carbons (Fsp3) is 0.353. The fourth-order valence-electron chi connectivity index (χ4n) is 2.62. The van der Waals surface area contributed by atoms with Gasteiger partial charge in [-0.15, -0.1) is 0 Å². The van der Waals surface area contributed by atoms with E-state index in [1.165, 1.54) is 0 Å².